The molecule has 0 aliphatic rings. The first-order chi connectivity index (χ1) is 7.66. The molecule has 0 saturated carbocycles. The fraction of sp³-hybridized carbons (Fsp3) is 0. The number of thiophene rings is 1. The van der Waals surface area contributed by atoms with Gasteiger partial charge < -0.3 is 4.74 Å². The summed E-state index contributed by atoms with van der Waals surface area (Å²) in [4.78, 5) is 12.3. The van der Waals surface area contributed by atoms with Crippen LogP contribution in [-0.2, 0) is 0 Å². The van der Waals surface area contributed by atoms with Crippen molar-refractivity contribution in [3.63, 3.8) is 0 Å². The molecule has 0 aliphatic carbocycles. The van der Waals surface area contributed by atoms with Crippen LogP contribution in [0.5, 0.6) is 5.75 Å². The quantitative estimate of drug-likeness (QED) is 0.581. The molecule has 0 fully saturated rings. The highest BCUT2D eigenvalue weighted by molar-refractivity contribution is 9.13. The summed E-state index contributed by atoms with van der Waals surface area (Å²) in [5, 5.41) is 0. The molecular formula is C11H6Br2O2S. The van der Waals surface area contributed by atoms with Crippen molar-refractivity contribution in [3.8, 4) is 5.75 Å². The molecule has 0 saturated heterocycles. The van der Waals surface area contributed by atoms with Gasteiger partial charge in [-0.05, 0) is 50.1 Å². The van der Waals surface area contributed by atoms with Crippen molar-refractivity contribution in [2.45, 2.75) is 0 Å². The Kier molecular flexibility index (Phi) is 3.78. The summed E-state index contributed by atoms with van der Waals surface area (Å²) in [6.45, 7) is 0. The van der Waals surface area contributed by atoms with Crippen LogP contribution in [0.25, 0.3) is 0 Å². The molecule has 0 unspecified atom stereocenters. The van der Waals surface area contributed by atoms with Crippen molar-refractivity contribution >= 4 is 49.2 Å². The smallest absolute Gasteiger partial charge is 0.353 e. The van der Waals surface area contributed by atoms with E-state index in [9.17, 15) is 4.79 Å². The van der Waals surface area contributed by atoms with Gasteiger partial charge in [0.15, 0.2) is 0 Å². The van der Waals surface area contributed by atoms with Crippen LogP contribution in [0, 0.1) is 0 Å². The summed E-state index contributed by atoms with van der Waals surface area (Å²) in [5.41, 5.74) is 0. The van der Waals surface area contributed by atoms with E-state index < -0.39 is 0 Å². The highest BCUT2D eigenvalue weighted by Crippen LogP contribution is 2.32. The Morgan fingerprint density at radius 1 is 1.19 bits per heavy atom. The Balaban J connectivity index is 2.15. The lowest BCUT2D eigenvalue weighted by Gasteiger charge is -2.00. The Labute approximate surface area is 114 Å². The molecule has 0 spiro atoms. The second-order valence-corrected chi connectivity index (χ2v) is 6.16. The van der Waals surface area contributed by atoms with Crippen molar-refractivity contribution in [2.24, 2.45) is 0 Å². The minimum absolute atomic E-state index is 0.345. The number of carbonyl (C=O) groups excluding carboxylic acids is 1. The molecule has 0 radical (unpaired) electrons. The summed E-state index contributed by atoms with van der Waals surface area (Å²) >= 11 is 8.00. The van der Waals surface area contributed by atoms with Gasteiger partial charge in [-0.2, -0.15) is 0 Å². The molecule has 1 heterocycles. The third-order valence-electron chi connectivity index (χ3n) is 1.80. The summed E-state index contributed by atoms with van der Waals surface area (Å²) in [7, 11) is 0. The van der Waals surface area contributed by atoms with E-state index in [4.69, 9.17) is 4.74 Å². The van der Waals surface area contributed by atoms with Gasteiger partial charge in [-0.25, -0.2) is 4.79 Å². The van der Waals surface area contributed by atoms with Crippen LogP contribution in [0.2, 0.25) is 0 Å². The maximum absolute atomic E-state index is 11.7. The van der Waals surface area contributed by atoms with Gasteiger partial charge in [0.05, 0.1) is 3.79 Å². The Hall–Kier alpha value is -0.650. The largest absolute Gasteiger partial charge is 0.422 e. The molecule has 0 aliphatic heterocycles. The van der Waals surface area contributed by atoms with Crippen molar-refractivity contribution in [3.05, 3.63) is 49.5 Å². The molecular weight excluding hydrogens is 356 g/mol. The van der Waals surface area contributed by atoms with E-state index in [2.05, 4.69) is 31.9 Å². The van der Waals surface area contributed by atoms with Crippen molar-refractivity contribution < 1.29 is 9.53 Å². The highest BCUT2D eigenvalue weighted by atomic mass is 79.9. The molecule has 2 rings (SSSR count). The Morgan fingerprint density at radius 2 is 1.88 bits per heavy atom. The minimum atomic E-state index is -0.345. The molecule has 0 N–H and O–H groups in total. The van der Waals surface area contributed by atoms with E-state index in [-0.39, 0.29) is 5.97 Å². The van der Waals surface area contributed by atoms with Crippen molar-refractivity contribution in [1.82, 2.24) is 0 Å². The molecule has 1 aromatic heterocycles. The van der Waals surface area contributed by atoms with E-state index in [1.54, 1.807) is 18.2 Å². The first-order valence-corrected chi connectivity index (χ1v) is 6.79. The number of hydrogen-bond donors (Lipinski definition) is 0. The molecule has 0 amide bonds. The number of halogens is 2. The number of rotatable bonds is 2. The van der Waals surface area contributed by atoms with Gasteiger partial charge in [0.25, 0.3) is 0 Å². The lowest BCUT2D eigenvalue weighted by Crippen LogP contribution is -2.05. The van der Waals surface area contributed by atoms with Gasteiger partial charge in [0, 0.05) is 4.47 Å². The molecule has 5 heteroatoms. The number of benzene rings is 1. The fourth-order valence-electron chi connectivity index (χ4n) is 1.09. The van der Waals surface area contributed by atoms with Gasteiger partial charge in [0.2, 0.25) is 0 Å². The number of para-hydroxylation sites is 1. The molecule has 1 aromatic carbocycles. The van der Waals surface area contributed by atoms with Crippen molar-refractivity contribution in [2.75, 3.05) is 0 Å². The average molecular weight is 362 g/mol. The van der Waals surface area contributed by atoms with Gasteiger partial charge in [-0.15, -0.1) is 11.3 Å². The predicted molar refractivity (Wildman–Crippen MR) is 71.1 cm³/mol. The second kappa shape index (κ2) is 5.12. The Morgan fingerprint density at radius 3 is 2.44 bits per heavy atom. The number of esters is 1. The molecule has 0 bridgehead atoms. The molecule has 16 heavy (non-hydrogen) atoms. The second-order valence-electron chi connectivity index (χ2n) is 2.93. The third kappa shape index (κ3) is 2.72. The van der Waals surface area contributed by atoms with E-state index in [1.807, 2.05) is 18.2 Å². The first-order valence-electron chi connectivity index (χ1n) is 4.39. The van der Waals surface area contributed by atoms with Crippen LogP contribution in [0.3, 0.4) is 0 Å². The topological polar surface area (TPSA) is 26.3 Å². The van der Waals surface area contributed by atoms with Crippen LogP contribution in [0.4, 0.5) is 0 Å². The van der Waals surface area contributed by atoms with Crippen LogP contribution in [0.15, 0.2) is 44.7 Å². The van der Waals surface area contributed by atoms with Crippen LogP contribution in [-0.4, -0.2) is 5.97 Å². The zero-order valence-corrected chi connectivity index (χ0v) is 11.9. The predicted octanol–water partition coefficient (Wildman–Crippen LogP) is 4.49. The number of carbonyl (C=O) groups is 1. The maximum atomic E-state index is 11.7. The zero-order valence-electron chi connectivity index (χ0n) is 7.94. The van der Waals surface area contributed by atoms with E-state index in [1.165, 1.54) is 11.3 Å². The van der Waals surface area contributed by atoms with Gasteiger partial charge in [-0.3, -0.25) is 0 Å². The summed E-state index contributed by atoms with van der Waals surface area (Å²) in [5.74, 6) is 0.204. The average Bonchev–Trinajstić information content (AvgIpc) is 2.61. The fourth-order valence-corrected chi connectivity index (χ4v) is 3.01. The van der Waals surface area contributed by atoms with E-state index in [0.717, 1.165) is 8.26 Å². The van der Waals surface area contributed by atoms with Crippen LogP contribution in [0.1, 0.15) is 9.67 Å². The summed E-state index contributed by atoms with van der Waals surface area (Å²) in [6.07, 6.45) is 0. The van der Waals surface area contributed by atoms with Gasteiger partial charge in [-0.1, -0.05) is 18.2 Å². The molecule has 0 atom stereocenters. The first kappa shape index (κ1) is 11.8. The number of ether oxygens (including phenoxy) is 1. The van der Waals surface area contributed by atoms with Crippen LogP contribution >= 0.6 is 43.2 Å². The standard InChI is InChI=1S/C11H6Br2O2S/c12-8-6-9(16-10(8)13)11(14)15-7-4-2-1-3-5-7/h1-6H. The third-order valence-corrected chi connectivity index (χ3v) is 5.04. The minimum Gasteiger partial charge on any atom is -0.422 e. The molecule has 82 valence electrons. The summed E-state index contributed by atoms with van der Waals surface area (Å²) in [6, 6.07) is 10.7. The lowest BCUT2D eigenvalue weighted by molar-refractivity contribution is 0.0740. The lowest BCUT2D eigenvalue weighted by atomic mass is 10.3. The van der Waals surface area contributed by atoms with Crippen LogP contribution < -0.4 is 4.74 Å². The normalized spacial score (nSPS) is 10.1. The number of hydrogen-bond acceptors (Lipinski definition) is 3. The van der Waals surface area contributed by atoms with E-state index in [0.29, 0.717) is 10.6 Å². The van der Waals surface area contributed by atoms with Crippen molar-refractivity contribution in [1.29, 1.82) is 0 Å². The van der Waals surface area contributed by atoms with Gasteiger partial charge in [0.1, 0.15) is 10.6 Å². The SMILES string of the molecule is O=C(Oc1ccccc1)c1cc(Br)c(Br)s1. The highest BCUT2D eigenvalue weighted by Gasteiger charge is 2.13. The zero-order chi connectivity index (χ0) is 11.5. The summed E-state index contributed by atoms with van der Waals surface area (Å²) < 4.78 is 6.94. The maximum Gasteiger partial charge on any atom is 0.353 e. The van der Waals surface area contributed by atoms with Gasteiger partial charge >= 0.3 is 5.97 Å². The Bertz CT molecular complexity index is 488. The monoisotopic (exact) mass is 360 g/mol. The van der Waals surface area contributed by atoms with E-state index >= 15 is 0 Å². The molecule has 2 nitrogen and oxygen atoms in total. The molecule has 2 aromatic rings.